The van der Waals surface area contributed by atoms with Crippen molar-refractivity contribution in [3.8, 4) is 0 Å². The van der Waals surface area contributed by atoms with Crippen LogP contribution in [0, 0.1) is 0 Å². The Morgan fingerprint density at radius 1 is 0.857 bits per heavy atom. The SMILES string of the molecule is CCCCCCCCCCCCCCCCOCC(O)Cn1cc[n+](C)c1.[Br-]. The molecule has 1 aromatic rings. The molecule has 1 atom stereocenters. The molecule has 0 aromatic carbocycles. The fraction of sp³-hybridized carbons (Fsp3) is 0.870. The molecule has 0 fully saturated rings. The number of aliphatic hydroxyl groups excluding tert-OH is 1. The predicted molar refractivity (Wildman–Crippen MR) is 113 cm³/mol. The summed E-state index contributed by atoms with van der Waals surface area (Å²) in [5.74, 6) is 0. The third kappa shape index (κ3) is 16.6. The highest BCUT2D eigenvalue weighted by atomic mass is 79.9. The van der Waals surface area contributed by atoms with Crippen LogP contribution >= 0.6 is 0 Å². The van der Waals surface area contributed by atoms with Gasteiger partial charge in [-0.05, 0) is 6.42 Å². The summed E-state index contributed by atoms with van der Waals surface area (Å²) in [6, 6.07) is 0. The van der Waals surface area contributed by atoms with Crippen LogP contribution < -0.4 is 21.5 Å². The van der Waals surface area contributed by atoms with E-state index in [1.165, 1.54) is 83.5 Å². The molecule has 0 aliphatic heterocycles. The van der Waals surface area contributed by atoms with Crippen LogP contribution in [0.5, 0.6) is 0 Å². The topological polar surface area (TPSA) is 38.3 Å². The van der Waals surface area contributed by atoms with E-state index in [-0.39, 0.29) is 17.0 Å². The first-order valence-electron chi connectivity index (χ1n) is 11.5. The summed E-state index contributed by atoms with van der Waals surface area (Å²) in [6.07, 6.45) is 24.7. The Morgan fingerprint density at radius 3 is 1.82 bits per heavy atom. The molecule has 4 nitrogen and oxygen atoms in total. The van der Waals surface area contributed by atoms with Crippen LogP contribution in [-0.2, 0) is 18.3 Å². The summed E-state index contributed by atoms with van der Waals surface area (Å²) in [6.45, 7) is 4.08. The molecule has 1 heterocycles. The largest absolute Gasteiger partial charge is 1.00 e. The van der Waals surface area contributed by atoms with Crippen molar-refractivity contribution in [2.45, 2.75) is 109 Å². The normalized spacial score (nSPS) is 12.1. The highest BCUT2D eigenvalue weighted by Crippen LogP contribution is 2.12. The summed E-state index contributed by atoms with van der Waals surface area (Å²) in [4.78, 5) is 0. The number of hydrogen-bond acceptors (Lipinski definition) is 2. The molecule has 1 rings (SSSR count). The third-order valence-corrected chi connectivity index (χ3v) is 5.20. The molecule has 0 radical (unpaired) electrons. The molecule has 166 valence electrons. The van der Waals surface area contributed by atoms with Crippen molar-refractivity contribution in [3.63, 3.8) is 0 Å². The maximum atomic E-state index is 9.97. The van der Waals surface area contributed by atoms with E-state index in [1.54, 1.807) is 0 Å². The summed E-state index contributed by atoms with van der Waals surface area (Å²) in [5.41, 5.74) is 0. The fourth-order valence-electron chi connectivity index (χ4n) is 3.52. The molecule has 0 spiro atoms. The molecular formula is C23H45BrN2O2. The van der Waals surface area contributed by atoms with Crippen LogP contribution in [0.2, 0.25) is 0 Å². The summed E-state index contributed by atoms with van der Waals surface area (Å²) >= 11 is 0. The lowest BCUT2D eigenvalue weighted by Gasteiger charge is -2.09. The van der Waals surface area contributed by atoms with Crippen molar-refractivity contribution in [2.24, 2.45) is 7.05 Å². The lowest BCUT2D eigenvalue weighted by molar-refractivity contribution is -0.671. The van der Waals surface area contributed by atoms with Crippen LogP contribution in [0.1, 0.15) is 96.8 Å². The predicted octanol–water partition coefficient (Wildman–Crippen LogP) is 2.18. The Bertz CT molecular complexity index is 440. The highest BCUT2D eigenvalue weighted by molar-refractivity contribution is 4.68. The minimum absolute atomic E-state index is 0. The Balaban J connectivity index is 0.00000729. The number of ether oxygens (including phenoxy) is 1. The average Bonchev–Trinajstić information content (AvgIpc) is 3.06. The second kappa shape index (κ2) is 19.9. The van der Waals surface area contributed by atoms with Gasteiger partial charge in [0.2, 0.25) is 6.33 Å². The molecule has 0 aliphatic rings. The zero-order valence-electron chi connectivity index (χ0n) is 18.5. The Labute approximate surface area is 184 Å². The zero-order chi connectivity index (χ0) is 19.6. The number of nitrogens with zero attached hydrogens (tertiary/aromatic N) is 2. The van der Waals surface area contributed by atoms with E-state index >= 15 is 0 Å². The molecule has 1 aromatic heterocycles. The first-order valence-corrected chi connectivity index (χ1v) is 11.5. The molecule has 0 amide bonds. The van der Waals surface area contributed by atoms with Crippen LogP contribution in [0.4, 0.5) is 0 Å². The van der Waals surface area contributed by atoms with Crippen molar-refractivity contribution < 1.29 is 31.4 Å². The Morgan fingerprint density at radius 2 is 1.36 bits per heavy atom. The molecule has 0 saturated heterocycles. The Hall–Kier alpha value is -0.390. The number of aromatic nitrogens is 2. The van der Waals surface area contributed by atoms with Gasteiger partial charge in [-0.2, -0.15) is 0 Å². The van der Waals surface area contributed by atoms with Gasteiger partial charge in [-0.3, -0.25) is 0 Å². The number of unbranched alkanes of at least 4 members (excludes halogenated alkanes) is 13. The van der Waals surface area contributed by atoms with Gasteiger partial charge in [0.05, 0.1) is 13.7 Å². The van der Waals surface area contributed by atoms with Gasteiger partial charge in [-0.1, -0.05) is 90.4 Å². The highest BCUT2D eigenvalue weighted by Gasteiger charge is 2.09. The first-order chi connectivity index (χ1) is 13.2. The lowest BCUT2D eigenvalue weighted by atomic mass is 10.0. The number of hydrogen-bond donors (Lipinski definition) is 1. The van der Waals surface area contributed by atoms with E-state index in [4.69, 9.17) is 4.74 Å². The number of rotatable bonds is 19. The second-order valence-corrected chi connectivity index (χ2v) is 8.10. The van der Waals surface area contributed by atoms with Gasteiger partial charge in [-0.25, -0.2) is 9.13 Å². The van der Waals surface area contributed by atoms with Crippen molar-refractivity contribution >= 4 is 0 Å². The molecule has 0 bridgehead atoms. The van der Waals surface area contributed by atoms with Gasteiger partial charge in [0.15, 0.2) is 0 Å². The van der Waals surface area contributed by atoms with Crippen LogP contribution in [-0.4, -0.2) is 29.0 Å². The third-order valence-electron chi connectivity index (χ3n) is 5.20. The van der Waals surface area contributed by atoms with E-state index in [1.807, 2.05) is 34.9 Å². The maximum absolute atomic E-state index is 9.97. The van der Waals surface area contributed by atoms with Gasteiger partial charge in [0.1, 0.15) is 25.0 Å². The van der Waals surface area contributed by atoms with Gasteiger partial charge < -0.3 is 26.8 Å². The molecule has 0 aliphatic carbocycles. The molecule has 0 saturated carbocycles. The molecule has 1 unspecified atom stereocenters. The van der Waals surface area contributed by atoms with E-state index in [0.717, 1.165) is 13.0 Å². The molecule has 28 heavy (non-hydrogen) atoms. The van der Waals surface area contributed by atoms with Gasteiger partial charge in [0, 0.05) is 6.61 Å². The maximum Gasteiger partial charge on any atom is 0.243 e. The summed E-state index contributed by atoms with van der Waals surface area (Å²) in [7, 11) is 1.98. The Kier molecular flexibility index (Phi) is 19.6. The number of aryl methyl sites for hydroxylation is 1. The van der Waals surface area contributed by atoms with Crippen molar-refractivity contribution in [1.29, 1.82) is 0 Å². The minimum Gasteiger partial charge on any atom is -1.00 e. The van der Waals surface area contributed by atoms with Crippen molar-refractivity contribution in [2.75, 3.05) is 13.2 Å². The molecular weight excluding hydrogens is 416 g/mol. The molecule has 1 N–H and O–H groups in total. The second-order valence-electron chi connectivity index (χ2n) is 8.10. The van der Waals surface area contributed by atoms with E-state index in [2.05, 4.69) is 6.92 Å². The fourth-order valence-corrected chi connectivity index (χ4v) is 3.52. The zero-order valence-corrected chi connectivity index (χ0v) is 20.0. The monoisotopic (exact) mass is 460 g/mol. The first kappa shape index (κ1) is 27.6. The van der Waals surface area contributed by atoms with Crippen LogP contribution in [0.15, 0.2) is 18.7 Å². The van der Waals surface area contributed by atoms with E-state index in [9.17, 15) is 5.11 Å². The van der Waals surface area contributed by atoms with E-state index in [0.29, 0.717) is 13.2 Å². The van der Waals surface area contributed by atoms with Gasteiger partial charge in [0.25, 0.3) is 0 Å². The summed E-state index contributed by atoms with van der Waals surface area (Å²) < 4.78 is 9.57. The van der Waals surface area contributed by atoms with Crippen molar-refractivity contribution in [3.05, 3.63) is 18.7 Å². The summed E-state index contributed by atoms with van der Waals surface area (Å²) in [5, 5.41) is 9.97. The minimum atomic E-state index is -0.427. The standard InChI is InChI=1S/C23H45N2O2.BrH/c1-3-4-5-6-7-8-9-10-11-12-13-14-15-16-19-27-21-23(26)20-25-18-17-24(2)22-25;/h17-18,22-23,26H,3-16,19-21H2,1-2H3;1H/q+1;/p-1. The van der Waals surface area contributed by atoms with Crippen molar-refractivity contribution in [1.82, 2.24) is 4.57 Å². The number of halogens is 1. The van der Waals surface area contributed by atoms with E-state index < -0.39 is 6.10 Å². The quantitative estimate of drug-likeness (QED) is 0.253. The molecule has 5 heteroatoms. The number of aliphatic hydroxyl groups is 1. The van der Waals surface area contributed by atoms with Gasteiger partial charge in [-0.15, -0.1) is 0 Å². The van der Waals surface area contributed by atoms with Crippen LogP contribution in [0.3, 0.4) is 0 Å². The lowest BCUT2D eigenvalue weighted by Crippen LogP contribution is -3.00. The smallest absolute Gasteiger partial charge is 0.243 e. The number of imidazole rings is 1. The average molecular weight is 462 g/mol. The van der Waals surface area contributed by atoms with Gasteiger partial charge >= 0.3 is 0 Å². The van der Waals surface area contributed by atoms with Crippen LogP contribution in [0.25, 0.3) is 0 Å².